The van der Waals surface area contributed by atoms with Crippen molar-refractivity contribution in [3.8, 4) is 11.4 Å². The number of halogens is 1. The van der Waals surface area contributed by atoms with Gasteiger partial charge in [-0.25, -0.2) is 9.48 Å². The minimum absolute atomic E-state index is 0.298. The Morgan fingerprint density at radius 1 is 1.03 bits per heavy atom. The van der Waals surface area contributed by atoms with Gasteiger partial charge in [-0.2, -0.15) is 5.10 Å². The fraction of sp³-hybridized carbons (Fsp3) is 0.143. The molecule has 0 saturated heterocycles. The minimum Gasteiger partial charge on any atom is -0.462 e. The highest BCUT2D eigenvalue weighted by Crippen LogP contribution is 2.35. The van der Waals surface area contributed by atoms with Crippen LogP contribution in [0.1, 0.15) is 28.5 Å². The van der Waals surface area contributed by atoms with Crippen molar-refractivity contribution in [1.82, 2.24) is 14.3 Å². The highest BCUT2D eigenvalue weighted by atomic mass is 35.5. The summed E-state index contributed by atoms with van der Waals surface area (Å²) in [7, 11) is 0. The Kier molecular flexibility index (Phi) is 6.66. The Hall–Kier alpha value is -3.48. The van der Waals surface area contributed by atoms with Crippen LogP contribution in [0.5, 0.6) is 0 Å². The quantitative estimate of drug-likeness (QED) is 0.174. The molecular weight excluding hydrogens is 478 g/mol. The zero-order valence-corrected chi connectivity index (χ0v) is 21.0. The molecule has 0 N–H and O–H groups in total. The van der Waals surface area contributed by atoms with Crippen molar-refractivity contribution in [2.24, 2.45) is 0 Å². The molecule has 0 saturated carbocycles. The summed E-state index contributed by atoms with van der Waals surface area (Å²) in [6, 6.07) is 23.6. The molecule has 0 aliphatic carbocycles. The predicted molar refractivity (Wildman–Crippen MR) is 142 cm³/mol. The fourth-order valence-electron chi connectivity index (χ4n) is 4.20. The third-order valence-electron chi connectivity index (χ3n) is 5.87. The molecule has 35 heavy (non-hydrogen) atoms. The van der Waals surface area contributed by atoms with Crippen LogP contribution in [-0.2, 0) is 10.5 Å². The summed E-state index contributed by atoms with van der Waals surface area (Å²) < 4.78 is 9.23. The molecule has 0 unspecified atom stereocenters. The van der Waals surface area contributed by atoms with Crippen LogP contribution in [0.25, 0.3) is 22.3 Å². The van der Waals surface area contributed by atoms with Crippen LogP contribution >= 0.6 is 23.4 Å². The van der Waals surface area contributed by atoms with Gasteiger partial charge in [0.15, 0.2) is 0 Å². The Bertz CT molecular complexity index is 1510. The molecule has 7 heteroatoms. The number of para-hydroxylation sites is 1. The lowest BCUT2D eigenvalue weighted by molar-refractivity contribution is 0.0526. The van der Waals surface area contributed by atoms with Crippen LogP contribution in [0.15, 0.2) is 90.1 Å². The zero-order chi connectivity index (χ0) is 24.4. The monoisotopic (exact) mass is 501 g/mol. The Morgan fingerprint density at radius 3 is 2.66 bits per heavy atom. The third kappa shape index (κ3) is 4.72. The van der Waals surface area contributed by atoms with E-state index in [0.717, 1.165) is 38.6 Å². The molecule has 0 amide bonds. The number of hydrogen-bond acceptors (Lipinski definition) is 4. The summed E-state index contributed by atoms with van der Waals surface area (Å²) in [5.41, 5.74) is 5.93. The van der Waals surface area contributed by atoms with Crippen LogP contribution in [0.3, 0.4) is 0 Å². The molecule has 0 bridgehead atoms. The zero-order valence-electron chi connectivity index (χ0n) is 19.4. The van der Waals surface area contributed by atoms with Crippen molar-refractivity contribution in [3.63, 3.8) is 0 Å². The molecule has 176 valence electrons. The number of nitrogens with zero attached hydrogens (tertiary/aromatic N) is 3. The molecule has 0 aliphatic heterocycles. The van der Waals surface area contributed by atoms with Crippen LogP contribution in [0.4, 0.5) is 0 Å². The summed E-state index contributed by atoms with van der Waals surface area (Å²) in [6.07, 6.45) is 3.91. The topological polar surface area (TPSA) is 49.1 Å². The number of ether oxygens (including phenoxy) is 1. The van der Waals surface area contributed by atoms with Gasteiger partial charge in [0.25, 0.3) is 0 Å². The lowest BCUT2D eigenvalue weighted by Gasteiger charge is -2.07. The van der Waals surface area contributed by atoms with E-state index in [1.165, 1.54) is 5.56 Å². The molecular formula is C28H24ClN3O2S. The van der Waals surface area contributed by atoms with E-state index in [-0.39, 0.29) is 5.97 Å². The van der Waals surface area contributed by atoms with Crippen molar-refractivity contribution in [3.05, 3.63) is 107 Å². The molecule has 0 atom stereocenters. The lowest BCUT2D eigenvalue weighted by Crippen LogP contribution is -2.04. The van der Waals surface area contributed by atoms with Crippen LogP contribution in [0.2, 0.25) is 5.02 Å². The van der Waals surface area contributed by atoms with Gasteiger partial charge < -0.3 is 9.30 Å². The van der Waals surface area contributed by atoms with E-state index in [9.17, 15) is 4.79 Å². The smallest absolute Gasteiger partial charge is 0.338 e. The first-order valence-corrected chi connectivity index (χ1v) is 12.7. The number of carbonyl (C=O) groups excluding carboxylic acids is 1. The predicted octanol–water partition coefficient (Wildman–Crippen LogP) is 7.25. The van der Waals surface area contributed by atoms with Gasteiger partial charge in [0.1, 0.15) is 0 Å². The average Bonchev–Trinajstić information content (AvgIpc) is 3.45. The first kappa shape index (κ1) is 23.3. The molecule has 2 heterocycles. The number of rotatable bonds is 7. The maximum absolute atomic E-state index is 12.1. The molecule has 0 fully saturated rings. The molecule has 0 aliphatic rings. The summed E-state index contributed by atoms with van der Waals surface area (Å²) in [4.78, 5) is 13.2. The van der Waals surface area contributed by atoms with E-state index in [1.54, 1.807) is 17.8 Å². The van der Waals surface area contributed by atoms with Gasteiger partial charge in [-0.3, -0.25) is 0 Å². The molecule has 0 spiro atoms. The second-order valence-electron chi connectivity index (χ2n) is 8.08. The van der Waals surface area contributed by atoms with E-state index >= 15 is 0 Å². The Labute approximate surface area is 213 Å². The number of thioether (sulfide) groups is 1. The Balaban J connectivity index is 1.50. The van der Waals surface area contributed by atoms with Gasteiger partial charge >= 0.3 is 5.97 Å². The maximum Gasteiger partial charge on any atom is 0.338 e. The summed E-state index contributed by atoms with van der Waals surface area (Å²) in [5.74, 6) is 0.448. The number of fused-ring (bicyclic) bond motifs is 1. The SMILES string of the molecule is CCOC(=O)c1cccc(SCc2c(C)n(-c3cnn(-c4ccccc4)c3)c3cc(Cl)ccc23)c1. The first-order chi connectivity index (χ1) is 17.0. The Morgan fingerprint density at radius 2 is 1.86 bits per heavy atom. The number of carbonyl (C=O) groups is 1. The largest absolute Gasteiger partial charge is 0.462 e. The van der Waals surface area contributed by atoms with Gasteiger partial charge in [0.2, 0.25) is 0 Å². The maximum atomic E-state index is 12.1. The first-order valence-electron chi connectivity index (χ1n) is 11.3. The van der Waals surface area contributed by atoms with Crippen molar-refractivity contribution in [2.75, 3.05) is 6.61 Å². The van der Waals surface area contributed by atoms with E-state index in [1.807, 2.05) is 84.7 Å². The number of aromatic nitrogens is 3. The van der Waals surface area contributed by atoms with Crippen LogP contribution in [-0.4, -0.2) is 26.9 Å². The van der Waals surface area contributed by atoms with Crippen LogP contribution < -0.4 is 0 Å². The van der Waals surface area contributed by atoms with Crippen molar-refractivity contribution in [1.29, 1.82) is 0 Å². The van der Waals surface area contributed by atoms with E-state index in [2.05, 4.69) is 22.7 Å². The highest BCUT2D eigenvalue weighted by molar-refractivity contribution is 7.98. The number of benzene rings is 3. The second kappa shape index (κ2) is 10.0. The van der Waals surface area contributed by atoms with Crippen molar-refractivity contribution >= 4 is 40.2 Å². The summed E-state index contributed by atoms with van der Waals surface area (Å²) in [6.45, 7) is 4.29. The van der Waals surface area contributed by atoms with Gasteiger partial charge in [-0.05, 0) is 61.9 Å². The summed E-state index contributed by atoms with van der Waals surface area (Å²) >= 11 is 8.10. The normalized spacial score (nSPS) is 11.2. The molecule has 0 radical (unpaired) electrons. The average molecular weight is 502 g/mol. The molecule has 3 aromatic carbocycles. The van der Waals surface area contributed by atoms with Gasteiger partial charge in [0.05, 0.1) is 41.5 Å². The number of hydrogen-bond donors (Lipinski definition) is 0. The highest BCUT2D eigenvalue weighted by Gasteiger charge is 2.18. The molecule has 5 rings (SSSR count). The van der Waals surface area contributed by atoms with Crippen molar-refractivity contribution < 1.29 is 9.53 Å². The van der Waals surface area contributed by atoms with E-state index < -0.39 is 0 Å². The third-order valence-corrected chi connectivity index (χ3v) is 7.13. The van der Waals surface area contributed by atoms with E-state index in [4.69, 9.17) is 16.3 Å². The van der Waals surface area contributed by atoms with Gasteiger partial charge in [-0.1, -0.05) is 41.9 Å². The molecule has 2 aromatic heterocycles. The van der Waals surface area contributed by atoms with Crippen LogP contribution in [0, 0.1) is 6.92 Å². The van der Waals surface area contributed by atoms with Crippen molar-refractivity contribution in [2.45, 2.75) is 24.5 Å². The van der Waals surface area contributed by atoms with E-state index in [0.29, 0.717) is 17.2 Å². The van der Waals surface area contributed by atoms with Gasteiger partial charge in [0, 0.05) is 26.8 Å². The lowest BCUT2D eigenvalue weighted by atomic mass is 10.1. The molecule has 5 aromatic rings. The standard InChI is InChI=1S/C28H24ClN3O2S/c1-3-34-28(33)20-8-7-11-24(14-20)35-18-26-19(2)32(27-15-21(29)12-13-25(26)27)23-16-30-31(17-23)22-9-5-4-6-10-22/h4-17H,3,18H2,1-2H3. The van der Waals surface area contributed by atoms with Gasteiger partial charge in [-0.15, -0.1) is 11.8 Å². The molecule has 5 nitrogen and oxygen atoms in total. The number of esters is 1. The fourth-order valence-corrected chi connectivity index (χ4v) is 5.43. The minimum atomic E-state index is -0.298. The second-order valence-corrected chi connectivity index (χ2v) is 9.56. The summed E-state index contributed by atoms with van der Waals surface area (Å²) in [5, 5.41) is 6.43.